The number of esters is 1. The van der Waals surface area contributed by atoms with Gasteiger partial charge in [-0.2, -0.15) is 0 Å². The molecule has 1 atom stereocenters. The normalized spacial score (nSPS) is 19.4. The SMILES string of the molecule is CCOCc1c2c(nc3ccccc13)-c1cc3c(c(=O)n1C2)COC(=O)[C@]3(O)CC. The molecule has 0 radical (unpaired) electrons. The first kappa shape index (κ1) is 19.0. The minimum atomic E-state index is -1.82. The average molecular weight is 406 g/mol. The number of ether oxygens (including phenoxy) is 2. The molecule has 0 spiro atoms. The fourth-order valence-corrected chi connectivity index (χ4v) is 4.48. The van der Waals surface area contributed by atoms with Crippen molar-refractivity contribution in [1.82, 2.24) is 9.55 Å². The minimum absolute atomic E-state index is 0.120. The van der Waals surface area contributed by atoms with Gasteiger partial charge in [-0.15, -0.1) is 0 Å². The van der Waals surface area contributed by atoms with Crippen molar-refractivity contribution in [2.45, 2.75) is 45.6 Å². The smallest absolute Gasteiger partial charge is 0.343 e. The van der Waals surface area contributed by atoms with Gasteiger partial charge in [0.25, 0.3) is 5.56 Å². The van der Waals surface area contributed by atoms with E-state index in [4.69, 9.17) is 14.5 Å². The van der Waals surface area contributed by atoms with Gasteiger partial charge < -0.3 is 19.1 Å². The highest BCUT2D eigenvalue weighted by molar-refractivity contribution is 5.89. The monoisotopic (exact) mass is 406 g/mol. The molecule has 0 bridgehead atoms. The maximum Gasteiger partial charge on any atom is 0.343 e. The first-order chi connectivity index (χ1) is 14.5. The molecule has 0 fully saturated rings. The molecule has 7 heteroatoms. The molecule has 1 aromatic carbocycles. The molecule has 2 aliphatic heterocycles. The quantitative estimate of drug-likeness (QED) is 0.524. The molecule has 0 aliphatic carbocycles. The lowest BCUT2D eigenvalue weighted by Gasteiger charge is -2.31. The number of hydrogen-bond acceptors (Lipinski definition) is 6. The second kappa shape index (κ2) is 6.75. The van der Waals surface area contributed by atoms with Gasteiger partial charge >= 0.3 is 5.97 Å². The number of hydrogen-bond donors (Lipinski definition) is 1. The first-order valence-electron chi connectivity index (χ1n) is 10.1. The van der Waals surface area contributed by atoms with Crippen LogP contribution < -0.4 is 5.56 Å². The Labute approximate surface area is 172 Å². The third-order valence-electron chi connectivity index (χ3n) is 6.16. The predicted molar refractivity (Wildman–Crippen MR) is 110 cm³/mol. The molecule has 4 heterocycles. The number of aromatic nitrogens is 2. The van der Waals surface area contributed by atoms with E-state index in [9.17, 15) is 14.7 Å². The van der Waals surface area contributed by atoms with Crippen LogP contribution in [0.15, 0.2) is 35.1 Å². The minimum Gasteiger partial charge on any atom is -0.458 e. The summed E-state index contributed by atoms with van der Waals surface area (Å²) in [5, 5.41) is 12.0. The predicted octanol–water partition coefficient (Wildman–Crippen LogP) is 2.62. The van der Waals surface area contributed by atoms with Crippen LogP contribution in [-0.4, -0.2) is 27.2 Å². The Morgan fingerprint density at radius 2 is 2.03 bits per heavy atom. The third-order valence-corrected chi connectivity index (χ3v) is 6.16. The molecule has 0 saturated carbocycles. The van der Waals surface area contributed by atoms with Crippen LogP contribution in [0.25, 0.3) is 22.3 Å². The Bertz CT molecular complexity index is 1260. The van der Waals surface area contributed by atoms with Crippen molar-refractivity contribution >= 4 is 16.9 Å². The molecule has 1 N–H and O–H groups in total. The number of cyclic esters (lactones) is 1. The molecule has 0 amide bonds. The number of benzene rings is 1. The van der Waals surface area contributed by atoms with Crippen LogP contribution in [0.4, 0.5) is 0 Å². The Balaban J connectivity index is 1.80. The number of para-hydroxylation sites is 1. The zero-order valence-electron chi connectivity index (χ0n) is 16.9. The fraction of sp³-hybridized carbons (Fsp3) is 0.348. The summed E-state index contributed by atoms with van der Waals surface area (Å²) in [5.74, 6) is -0.719. The summed E-state index contributed by atoms with van der Waals surface area (Å²) >= 11 is 0. The van der Waals surface area contributed by atoms with Gasteiger partial charge in [0.2, 0.25) is 0 Å². The number of pyridine rings is 2. The van der Waals surface area contributed by atoms with Crippen LogP contribution in [0.2, 0.25) is 0 Å². The van der Waals surface area contributed by atoms with Crippen LogP contribution in [0.3, 0.4) is 0 Å². The van der Waals surface area contributed by atoms with Crippen LogP contribution in [0.1, 0.15) is 42.5 Å². The topological polar surface area (TPSA) is 90.6 Å². The molecule has 2 aliphatic rings. The van der Waals surface area contributed by atoms with Crippen LogP contribution >= 0.6 is 0 Å². The summed E-state index contributed by atoms with van der Waals surface area (Å²) in [6.45, 7) is 4.88. The van der Waals surface area contributed by atoms with E-state index in [2.05, 4.69) is 0 Å². The molecule has 2 aromatic heterocycles. The lowest BCUT2D eigenvalue weighted by Crippen LogP contribution is -2.44. The molecule has 154 valence electrons. The van der Waals surface area contributed by atoms with E-state index in [0.29, 0.717) is 42.3 Å². The Kier molecular flexibility index (Phi) is 4.27. The second-order valence-corrected chi connectivity index (χ2v) is 7.67. The van der Waals surface area contributed by atoms with E-state index in [1.165, 1.54) is 0 Å². The van der Waals surface area contributed by atoms with Gasteiger partial charge in [-0.3, -0.25) is 4.79 Å². The molecule has 7 nitrogen and oxygen atoms in total. The van der Waals surface area contributed by atoms with Gasteiger partial charge in [0, 0.05) is 23.1 Å². The van der Waals surface area contributed by atoms with Gasteiger partial charge in [0.05, 0.1) is 35.6 Å². The standard InChI is InChI=1S/C23H22N2O5/c1-3-23(28)17-9-19-20-14(10-25(19)21(26)16(17)12-30-22(23)27)15(11-29-4-2)13-7-5-6-8-18(13)24-20/h5-9,28H,3-4,10-12H2,1-2H3/t23-/m0/s1. The summed E-state index contributed by atoms with van der Waals surface area (Å²) in [7, 11) is 0. The zero-order valence-corrected chi connectivity index (χ0v) is 16.9. The number of aliphatic hydroxyl groups is 1. The van der Waals surface area contributed by atoms with Crippen LogP contribution in [0.5, 0.6) is 0 Å². The van der Waals surface area contributed by atoms with E-state index in [-0.39, 0.29) is 18.6 Å². The van der Waals surface area contributed by atoms with Gasteiger partial charge in [-0.1, -0.05) is 25.1 Å². The molecular formula is C23H22N2O5. The third kappa shape index (κ3) is 2.49. The van der Waals surface area contributed by atoms with Crippen molar-refractivity contribution in [3.8, 4) is 11.4 Å². The zero-order chi connectivity index (χ0) is 21.0. The molecule has 5 rings (SSSR count). The lowest BCUT2D eigenvalue weighted by atomic mass is 9.86. The van der Waals surface area contributed by atoms with Crippen molar-refractivity contribution < 1.29 is 19.4 Å². The molecular weight excluding hydrogens is 384 g/mol. The second-order valence-electron chi connectivity index (χ2n) is 7.67. The van der Waals surface area contributed by atoms with Crippen molar-refractivity contribution in [1.29, 1.82) is 0 Å². The van der Waals surface area contributed by atoms with Gasteiger partial charge in [-0.25, -0.2) is 9.78 Å². The van der Waals surface area contributed by atoms with E-state index < -0.39 is 11.6 Å². The summed E-state index contributed by atoms with van der Waals surface area (Å²) in [6.07, 6.45) is 0.120. The Morgan fingerprint density at radius 3 is 2.80 bits per heavy atom. The lowest BCUT2D eigenvalue weighted by molar-refractivity contribution is -0.172. The molecule has 0 unspecified atom stereocenters. The van der Waals surface area contributed by atoms with Crippen LogP contribution in [0, 0.1) is 0 Å². The number of rotatable bonds is 4. The number of fused-ring (bicyclic) bond motifs is 5. The largest absolute Gasteiger partial charge is 0.458 e. The number of carbonyl (C=O) groups is 1. The molecule has 30 heavy (non-hydrogen) atoms. The van der Waals surface area contributed by atoms with Gasteiger partial charge in [0.15, 0.2) is 5.60 Å². The van der Waals surface area contributed by atoms with Crippen molar-refractivity contribution in [2.24, 2.45) is 0 Å². The van der Waals surface area contributed by atoms with Gasteiger partial charge in [0.1, 0.15) is 6.61 Å². The summed E-state index contributed by atoms with van der Waals surface area (Å²) < 4.78 is 12.5. The Morgan fingerprint density at radius 1 is 1.23 bits per heavy atom. The summed E-state index contributed by atoms with van der Waals surface area (Å²) in [5.41, 5.74) is 2.64. The number of carbonyl (C=O) groups excluding carboxylic acids is 1. The molecule has 3 aromatic rings. The van der Waals surface area contributed by atoms with Gasteiger partial charge in [-0.05, 0) is 31.0 Å². The highest BCUT2D eigenvalue weighted by atomic mass is 16.6. The fourth-order valence-electron chi connectivity index (χ4n) is 4.48. The highest BCUT2D eigenvalue weighted by Crippen LogP contribution is 2.40. The number of nitrogens with zero attached hydrogens (tertiary/aromatic N) is 2. The van der Waals surface area contributed by atoms with Crippen molar-refractivity contribution in [3.63, 3.8) is 0 Å². The maximum atomic E-state index is 13.3. The molecule has 0 saturated heterocycles. The van der Waals surface area contributed by atoms with Crippen molar-refractivity contribution in [2.75, 3.05) is 6.61 Å². The highest BCUT2D eigenvalue weighted by Gasteiger charge is 2.45. The van der Waals surface area contributed by atoms with Crippen LogP contribution in [-0.2, 0) is 39.6 Å². The average Bonchev–Trinajstić information content (AvgIpc) is 3.13. The van der Waals surface area contributed by atoms with Crippen molar-refractivity contribution in [3.05, 3.63) is 62.9 Å². The van der Waals surface area contributed by atoms with E-state index >= 15 is 0 Å². The first-order valence-corrected chi connectivity index (χ1v) is 10.1. The van der Waals surface area contributed by atoms with E-state index in [1.54, 1.807) is 17.6 Å². The Hall–Kier alpha value is -3.03. The maximum absolute atomic E-state index is 13.3. The summed E-state index contributed by atoms with van der Waals surface area (Å²) in [4.78, 5) is 30.4. The van der Waals surface area contributed by atoms with E-state index in [0.717, 1.165) is 22.0 Å². The summed E-state index contributed by atoms with van der Waals surface area (Å²) in [6, 6.07) is 9.56. The van der Waals surface area contributed by atoms with E-state index in [1.807, 2.05) is 31.2 Å².